The molecule has 4 nitrogen and oxygen atoms in total. The smallest absolute Gasteiger partial charge is 0.270 e. The third-order valence-electron chi connectivity index (χ3n) is 2.64. The number of nitrogens with one attached hydrogen (secondary N) is 2. The molecule has 1 atom stereocenters. The number of anilines is 1. The number of rotatable bonds is 4. The zero-order valence-corrected chi connectivity index (χ0v) is 10.2. The lowest BCUT2D eigenvalue weighted by atomic mass is 10.1. The molecule has 0 aromatic carbocycles. The van der Waals surface area contributed by atoms with Gasteiger partial charge in [0, 0.05) is 25.0 Å². The van der Waals surface area contributed by atoms with E-state index in [9.17, 15) is 4.79 Å². The molecule has 2 N–H and O–H groups in total. The summed E-state index contributed by atoms with van der Waals surface area (Å²) < 4.78 is 0. The molecule has 1 unspecified atom stereocenters. The average Bonchev–Trinajstić information content (AvgIpc) is 2.28. The van der Waals surface area contributed by atoms with Crippen LogP contribution in [0.25, 0.3) is 0 Å². The maximum atomic E-state index is 11.8. The Morgan fingerprint density at radius 1 is 1.38 bits per heavy atom. The predicted octanol–water partition coefficient (Wildman–Crippen LogP) is 1.90. The molecule has 1 aromatic heterocycles. The van der Waals surface area contributed by atoms with Crippen molar-refractivity contribution in [1.82, 2.24) is 10.3 Å². The molecule has 0 fully saturated rings. The van der Waals surface area contributed by atoms with E-state index < -0.39 is 0 Å². The lowest BCUT2D eigenvalue weighted by Crippen LogP contribution is -2.36. The Hall–Kier alpha value is -1.58. The molecule has 0 aliphatic carbocycles. The zero-order valence-electron chi connectivity index (χ0n) is 10.2. The first-order valence-electron chi connectivity index (χ1n) is 5.49. The molecule has 88 valence electrons. The maximum Gasteiger partial charge on any atom is 0.270 e. The minimum atomic E-state index is -0.127. The Bertz CT molecular complexity index is 363. The third-order valence-corrected chi connectivity index (χ3v) is 2.64. The highest BCUT2D eigenvalue weighted by atomic mass is 16.1. The summed E-state index contributed by atoms with van der Waals surface area (Å²) in [6.07, 6.45) is 1.63. The van der Waals surface area contributed by atoms with Crippen LogP contribution in [-0.4, -0.2) is 24.0 Å². The average molecular weight is 221 g/mol. The Morgan fingerprint density at radius 2 is 2.06 bits per heavy atom. The van der Waals surface area contributed by atoms with Gasteiger partial charge in [-0.05, 0) is 25.0 Å². The Balaban J connectivity index is 2.72. The van der Waals surface area contributed by atoms with Gasteiger partial charge in [0.15, 0.2) is 0 Å². The summed E-state index contributed by atoms with van der Waals surface area (Å²) in [6.45, 7) is 6.13. The summed E-state index contributed by atoms with van der Waals surface area (Å²) in [5, 5.41) is 5.90. The Kier molecular flexibility index (Phi) is 4.28. The van der Waals surface area contributed by atoms with Crippen LogP contribution in [0.3, 0.4) is 0 Å². The van der Waals surface area contributed by atoms with Crippen molar-refractivity contribution in [3.63, 3.8) is 0 Å². The number of pyridine rings is 1. The molecule has 16 heavy (non-hydrogen) atoms. The van der Waals surface area contributed by atoms with Crippen molar-refractivity contribution in [2.45, 2.75) is 26.8 Å². The number of carbonyl (C=O) groups is 1. The molecular weight excluding hydrogens is 202 g/mol. The monoisotopic (exact) mass is 221 g/mol. The quantitative estimate of drug-likeness (QED) is 0.816. The molecule has 1 rings (SSSR count). The van der Waals surface area contributed by atoms with Gasteiger partial charge in [-0.3, -0.25) is 9.78 Å². The highest BCUT2D eigenvalue weighted by Gasteiger charge is 2.13. The van der Waals surface area contributed by atoms with Crippen LogP contribution >= 0.6 is 0 Å². The fourth-order valence-corrected chi connectivity index (χ4v) is 1.16. The van der Waals surface area contributed by atoms with Crippen molar-refractivity contribution in [1.29, 1.82) is 0 Å². The van der Waals surface area contributed by atoms with E-state index in [1.54, 1.807) is 12.3 Å². The highest BCUT2D eigenvalue weighted by molar-refractivity contribution is 5.93. The molecule has 0 aliphatic rings. The van der Waals surface area contributed by atoms with E-state index in [-0.39, 0.29) is 11.9 Å². The fourth-order valence-electron chi connectivity index (χ4n) is 1.16. The van der Waals surface area contributed by atoms with Gasteiger partial charge in [-0.2, -0.15) is 0 Å². The maximum absolute atomic E-state index is 11.8. The van der Waals surface area contributed by atoms with Crippen LogP contribution in [0.4, 0.5) is 5.69 Å². The number of aromatic nitrogens is 1. The molecule has 0 saturated carbocycles. The molecule has 0 spiro atoms. The first-order valence-corrected chi connectivity index (χ1v) is 5.49. The van der Waals surface area contributed by atoms with E-state index in [1.165, 1.54) is 0 Å². The van der Waals surface area contributed by atoms with E-state index >= 15 is 0 Å². The van der Waals surface area contributed by atoms with Gasteiger partial charge < -0.3 is 10.6 Å². The van der Waals surface area contributed by atoms with Gasteiger partial charge in [0.1, 0.15) is 5.69 Å². The number of carbonyl (C=O) groups excluding carboxylic acids is 1. The molecule has 1 aromatic rings. The van der Waals surface area contributed by atoms with Gasteiger partial charge in [0.2, 0.25) is 0 Å². The number of hydrogen-bond donors (Lipinski definition) is 2. The Morgan fingerprint density at radius 3 is 2.62 bits per heavy atom. The second kappa shape index (κ2) is 5.49. The van der Waals surface area contributed by atoms with Crippen LogP contribution in [0.15, 0.2) is 18.3 Å². The van der Waals surface area contributed by atoms with Crippen molar-refractivity contribution in [2.75, 3.05) is 12.4 Å². The molecule has 4 heteroatoms. The van der Waals surface area contributed by atoms with Crippen LogP contribution in [0, 0.1) is 5.92 Å². The standard InChI is InChI=1S/C12H19N3O/c1-8(2)9(3)15-12(16)11-7-10(13-4)5-6-14-11/h5-9H,1-4H3,(H,13,14)(H,15,16). The van der Waals surface area contributed by atoms with Gasteiger partial charge >= 0.3 is 0 Å². The second-order valence-electron chi connectivity index (χ2n) is 4.19. The molecule has 0 radical (unpaired) electrons. The number of amides is 1. The minimum absolute atomic E-state index is 0.127. The van der Waals surface area contributed by atoms with Gasteiger partial charge in [-0.25, -0.2) is 0 Å². The SMILES string of the molecule is CNc1ccnc(C(=O)NC(C)C(C)C)c1. The van der Waals surface area contributed by atoms with Crippen molar-refractivity contribution >= 4 is 11.6 Å². The van der Waals surface area contributed by atoms with Crippen LogP contribution < -0.4 is 10.6 Å². The summed E-state index contributed by atoms with van der Waals surface area (Å²) in [5.41, 5.74) is 1.33. The molecule has 1 amide bonds. The van der Waals surface area contributed by atoms with E-state index in [4.69, 9.17) is 0 Å². The molecule has 0 bridgehead atoms. The van der Waals surface area contributed by atoms with Gasteiger partial charge in [0.05, 0.1) is 0 Å². The number of hydrogen-bond acceptors (Lipinski definition) is 3. The first-order chi connectivity index (χ1) is 7.54. The van der Waals surface area contributed by atoms with E-state index in [0.717, 1.165) is 5.69 Å². The van der Waals surface area contributed by atoms with Gasteiger partial charge in [-0.15, -0.1) is 0 Å². The van der Waals surface area contributed by atoms with Crippen LogP contribution in [0.1, 0.15) is 31.3 Å². The molecule has 0 aliphatic heterocycles. The van der Waals surface area contributed by atoms with Crippen molar-refractivity contribution in [2.24, 2.45) is 5.92 Å². The summed E-state index contributed by atoms with van der Waals surface area (Å²) in [7, 11) is 1.81. The van der Waals surface area contributed by atoms with Crippen LogP contribution in [0.5, 0.6) is 0 Å². The zero-order chi connectivity index (χ0) is 12.1. The number of nitrogens with zero attached hydrogens (tertiary/aromatic N) is 1. The lowest BCUT2D eigenvalue weighted by Gasteiger charge is -2.17. The van der Waals surface area contributed by atoms with Gasteiger partial charge in [-0.1, -0.05) is 13.8 Å². The summed E-state index contributed by atoms with van der Waals surface area (Å²) in [4.78, 5) is 15.9. The Labute approximate surface area is 96.5 Å². The summed E-state index contributed by atoms with van der Waals surface area (Å²) in [5.74, 6) is 0.287. The first kappa shape index (κ1) is 12.5. The molecule has 1 heterocycles. The molecular formula is C12H19N3O. The van der Waals surface area contributed by atoms with E-state index in [2.05, 4.69) is 29.5 Å². The highest BCUT2D eigenvalue weighted by Crippen LogP contribution is 2.07. The summed E-state index contributed by atoms with van der Waals surface area (Å²) >= 11 is 0. The minimum Gasteiger partial charge on any atom is -0.388 e. The predicted molar refractivity (Wildman–Crippen MR) is 65.5 cm³/mol. The third kappa shape index (κ3) is 3.22. The van der Waals surface area contributed by atoms with Crippen molar-refractivity contribution in [3.05, 3.63) is 24.0 Å². The molecule has 0 saturated heterocycles. The normalized spacial score (nSPS) is 12.3. The second-order valence-corrected chi connectivity index (χ2v) is 4.19. The largest absolute Gasteiger partial charge is 0.388 e. The van der Waals surface area contributed by atoms with Crippen LogP contribution in [0.2, 0.25) is 0 Å². The van der Waals surface area contributed by atoms with E-state index in [1.807, 2.05) is 20.0 Å². The van der Waals surface area contributed by atoms with Crippen molar-refractivity contribution < 1.29 is 4.79 Å². The van der Waals surface area contributed by atoms with Crippen LogP contribution in [-0.2, 0) is 0 Å². The summed E-state index contributed by atoms with van der Waals surface area (Å²) in [6, 6.07) is 3.71. The van der Waals surface area contributed by atoms with Gasteiger partial charge in [0.25, 0.3) is 5.91 Å². The lowest BCUT2D eigenvalue weighted by molar-refractivity contribution is 0.0925. The van der Waals surface area contributed by atoms with Crippen molar-refractivity contribution in [3.8, 4) is 0 Å². The van der Waals surface area contributed by atoms with E-state index in [0.29, 0.717) is 11.6 Å². The fraction of sp³-hybridized carbons (Fsp3) is 0.500. The topological polar surface area (TPSA) is 54.0 Å².